The fourth-order valence-electron chi connectivity index (χ4n) is 4.92. The number of alkyl halides is 3. The van der Waals surface area contributed by atoms with Crippen LogP contribution in [0.1, 0.15) is 30.5 Å². The van der Waals surface area contributed by atoms with Crippen LogP contribution in [-0.2, 0) is 24.1 Å². The fraction of sp³-hybridized carbons (Fsp3) is 0.500. The molecule has 3 aromatic rings. The second kappa shape index (κ2) is 9.86. The highest BCUT2D eigenvalue weighted by Gasteiger charge is 2.35. The molecule has 1 aliphatic carbocycles. The van der Waals surface area contributed by atoms with Crippen LogP contribution in [0.4, 0.5) is 23.4 Å². The summed E-state index contributed by atoms with van der Waals surface area (Å²) in [5.74, 6) is -0.784. The summed E-state index contributed by atoms with van der Waals surface area (Å²) in [5.41, 5.74) is 5.21. The first kappa shape index (κ1) is 25.3. The lowest BCUT2D eigenvalue weighted by molar-refractivity contribution is -0.137. The molecular weight excluding hydrogens is 494 g/mol. The smallest absolute Gasteiger partial charge is 0.391 e. The number of hydrogen-bond acceptors (Lipinski definition) is 7. The highest BCUT2D eigenvalue weighted by atomic mass is 19.4. The number of carbonyl (C=O) groups is 1. The van der Waals surface area contributed by atoms with Gasteiger partial charge < -0.3 is 20.3 Å². The molecule has 1 aliphatic heterocycles. The number of rotatable bonds is 8. The summed E-state index contributed by atoms with van der Waals surface area (Å²) in [4.78, 5) is 27.5. The molecule has 198 valence electrons. The van der Waals surface area contributed by atoms with Crippen molar-refractivity contribution in [3.05, 3.63) is 47.9 Å². The minimum atomic E-state index is -4.47. The second-order valence-electron chi connectivity index (χ2n) is 9.74. The predicted octanol–water partition coefficient (Wildman–Crippen LogP) is 2.32. The number of nitrogens with two attached hydrogens (primary N) is 1. The van der Waals surface area contributed by atoms with E-state index in [-0.39, 0.29) is 30.4 Å². The number of pyridine rings is 1. The highest BCUT2D eigenvalue weighted by molar-refractivity contribution is 5.89. The van der Waals surface area contributed by atoms with Crippen molar-refractivity contribution in [2.24, 2.45) is 11.7 Å². The van der Waals surface area contributed by atoms with Gasteiger partial charge in [0, 0.05) is 37.4 Å². The van der Waals surface area contributed by atoms with Crippen molar-refractivity contribution in [1.82, 2.24) is 24.4 Å². The maximum atomic E-state index is 15.3. The molecule has 0 aromatic carbocycles. The summed E-state index contributed by atoms with van der Waals surface area (Å²) in [5, 5.41) is 10.9. The monoisotopic (exact) mass is 521 g/mol. The van der Waals surface area contributed by atoms with Gasteiger partial charge in [-0.2, -0.15) is 13.2 Å². The lowest BCUT2D eigenvalue weighted by Gasteiger charge is -2.35. The average Bonchev–Trinajstić information content (AvgIpc) is 3.63. The third-order valence-corrected chi connectivity index (χ3v) is 6.95. The van der Waals surface area contributed by atoms with Gasteiger partial charge in [-0.15, -0.1) is 0 Å². The maximum Gasteiger partial charge on any atom is 0.417 e. The van der Waals surface area contributed by atoms with Crippen molar-refractivity contribution >= 4 is 22.8 Å². The fourth-order valence-corrected chi connectivity index (χ4v) is 4.92. The van der Waals surface area contributed by atoms with Gasteiger partial charge in [0.15, 0.2) is 5.82 Å². The number of primary amides is 1. The van der Waals surface area contributed by atoms with Gasteiger partial charge in [0.25, 0.3) is 0 Å². The average molecular weight is 522 g/mol. The van der Waals surface area contributed by atoms with Gasteiger partial charge in [0.2, 0.25) is 5.91 Å². The molecule has 3 aromatic heterocycles. The number of likely N-dealkylation sites (tertiary alicyclic amines) is 1. The molecule has 37 heavy (non-hydrogen) atoms. The molecule has 3 N–H and O–H groups in total. The molecule has 2 aliphatic rings. The zero-order chi connectivity index (χ0) is 26.3. The van der Waals surface area contributed by atoms with E-state index in [9.17, 15) is 23.1 Å². The number of aliphatic hydroxyl groups excluding tert-OH is 1. The van der Waals surface area contributed by atoms with Gasteiger partial charge in [-0.25, -0.2) is 14.4 Å². The third-order valence-electron chi connectivity index (χ3n) is 6.95. The van der Waals surface area contributed by atoms with Gasteiger partial charge >= 0.3 is 6.18 Å². The quantitative estimate of drug-likeness (QED) is 0.438. The van der Waals surface area contributed by atoms with Crippen LogP contribution in [0.5, 0.6) is 0 Å². The van der Waals surface area contributed by atoms with Crippen LogP contribution in [0.3, 0.4) is 0 Å². The van der Waals surface area contributed by atoms with Crippen molar-refractivity contribution in [1.29, 1.82) is 0 Å². The van der Waals surface area contributed by atoms with Crippen LogP contribution in [0, 0.1) is 11.7 Å². The molecule has 1 saturated heterocycles. The SMILES string of the molecule is NC(=O)CN1CCC(Cn2cc(F)c3c(N(Cc4ccc(C(F)(F)F)cn4)C4CC4)ncnc32)C(O)C1. The first-order valence-electron chi connectivity index (χ1n) is 12.1. The molecule has 0 spiro atoms. The number of piperidine rings is 1. The molecular formula is C24H27F4N7O2. The number of halogens is 4. The van der Waals surface area contributed by atoms with Crippen molar-refractivity contribution in [3.8, 4) is 0 Å². The Kier molecular flexibility index (Phi) is 6.75. The van der Waals surface area contributed by atoms with E-state index in [1.807, 2.05) is 4.90 Å². The maximum absolute atomic E-state index is 15.3. The third kappa shape index (κ3) is 5.52. The van der Waals surface area contributed by atoms with E-state index in [4.69, 9.17) is 5.73 Å². The standard InChI is InChI=1S/C24H27F4N7O2/c25-18-10-34(8-14-5-6-33(11-19(14)36)12-20(29)37)22-21(18)23(32-13-31-22)35(17-3-4-17)9-16-2-1-15(7-30-16)24(26,27)28/h1-2,7,10,13-14,17,19,36H,3-6,8-9,11-12H2,(H2,29,37). The van der Waals surface area contributed by atoms with Gasteiger partial charge in [-0.3, -0.25) is 14.7 Å². The number of carbonyl (C=O) groups excluding carboxylic acids is 1. The Balaban J connectivity index is 1.38. The number of anilines is 1. The number of β-amino-alcohol motifs (C(OH)–C–C–N with tert-alkyl or cyclic N) is 1. The predicted molar refractivity (Wildman–Crippen MR) is 126 cm³/mol. The first-order chi connectivity index (χ1) is 17.6. The lowest BCUT2D eigenvalue weighted by Crippen LogP contribution is -2.47. The van der Waals surface area contributed by atoms with E-state index >= 15 is 4.39 Å². The van der Waals surface area contributed by atoms with Crippen LogP contribution in [0.15, 0.2) is 30.9 Å². The van der Waals surface area contributed by atoms with Crippen LogP contribution in [0.25, 0.3) is 11.0 Å². The van der Waals surface area contributed by atoms with E-state index in [0.29, 0.717) is 43.2 Å². The van der Waals surface area contributed by atoms with E-state index in [2.05, 4.69) is 15.0 Å². The number of aliphatic hydroxyl groups is 1. The summed E-state index contributed by atoms with van der Waals surface area (Å²) in [6.07, 6.45) is 0.591. The molecule has 2 unspecified atom stereocenters. The molecule has 4 heterocycles. The molecule has 9 nitrogen and oxygen atoms in total. The Morgan fingerprint density at radius 3 is 2.59 bits per heavy atom. The van der Waals surface area contributed by atoms with E-state index in [1.54, 1.807) is 9.47 Å². The Morgan fingerprint density at radius 1 is 1.19 bits per heavy atom. The molecule has 5 rings (SSSR count). The molecule has 1 amide bonds. The summed E-state index contributed by atoms with van der Waals surface area (Å²) in [6.45, 7) is 1.46. The van der Waals surface area contributed by atoms with Crippen LogP contribution in [-0.4, -0.2) is 67.2 Å². The lowest BCUT2D eigenvalue weighted by atomic mass is 9.93. The molecule has 13 heteroatoms. The summed E-state index contributed by atoms with van der Waals surface area (Å²) < 4.78 is 55.7. The largest absolute Gasteiger partial charge is 0.417 e. The summed E-state index contributed by atoms with van der Waals surface area (Å²) in [6, 6.07) is 2.38. The van der Waals surface area contributed by atoms with Crippen molar-refractivity contribution in [2.45, 2.75) is 50.7 Å². The van der Waals surface area contributed by atoms with E-state index in [0.717, 1.165) is 25.1 Å². The Bertz CT molecular complexity index is 1280. The van der Waals surface area contributed by atoms with E-state index in [1.165, 1.54) is 18.6 Å². The second-order valence-corrected chi connectivity index (χ2v) is 9.74. The molecule has 0 radical (unpaired) electrons. The number of hydrogen-bond donors (Lipinski definition) is 2. The molecule has 2 atom stereocenters. The zero-order valence-electron chi connectivity index (χ0n) is 19.9. The van der Waals surface area contributed by atoms with Crippen LogP contribution >= 0.6 is 0 Å². The molecule has 2 fully saturated rings. The van der Waals surface area contributed by atoms with Crippen LogP contribution in [0.2, 0.25) is 0 Å². The van der Waals surface area contributed by atoms with Crippen molar-refractivity contribution < 1.29 is 27.5 Å². The highest BCUT2D eigenvalue weighted by Crippen LogP contribution is 2.37. The topological polar surface area (TPSA) is 113 Å². The van der Waals surface area contributed by atoms with Crippen LogP contribution < -0.4 is 10.6 Å². The number of aromatic nitrogens is 4. The number of nitrogens with zero attached hydrogens (tertiary/aromatic N) is 6. The number of fused-ring (bicyclic) bond motifs is 1. The first-order valence-corrected chi connectivity index (χ1v) is 12.1. The van der Waals surface area contributed by atoms with Crippen molar-refractivity contribution in [2.75, 3.05) is 24.5 Å². The summed E-state index contributed by atoms with van der Waals surface area (Å²) >= 11 is 0. The number of amides is 1. The van der Waals surface area contributed by atoms with Gasteiger partial charge in [-0.1, -0.05) is 0 Å². The van der Waals surface area contributed by atoms with Crippen molar-refractivity contribution in [3.63, 3.8) is 0 Å². The normalized spacial score (nSPS) is 20.9. The summed E-state index contributed by atoms with van der Waals surface area (Å²) in [7, 11) is 0. The zero-order valence-corrected chi connectivity index (χ0v) is 19.9. The van der Waals surface area contributed by atoms with Gasteiger partial charge in [0.05, 0.1) is 35.8 Å². The minimum absolute atomic E-state index is 0.0707. The molecule has 0 bridgehead atoms. The Labute approximate surface area is 209 Å². The van der Waals surface area contributed by atoms with E-state index < -0.39 is 29.6 Å². The Morgan fingerprint density at radius 2 is 1.97 bits per heavy atom. The van der Waals surface area contributed by atoms with Gasteiger partial charge in [-0.05, 0) is 37.9 Å². The van der Waals surface area contributed by atoms with Gasteiger partial charge in [0.1, 0.15) is 17.8 Å². The molecule has 1 saturated carbocycles. The minimum Gasteiger partial charge on any atom is -0.391 e. The Hall–Kier alpha value is -3.32.